The molecule has 0 atom stereocenters. The first-order valence-corrected chi connectivity index (χ1v) is 8.41. The molecule has 2 aromatic rings. The first-order valence-electron chi connectivity index (χ1n) is 7.61. The fraction of sp³-hybridized carbons (Fsp3) is 0.278. The second-order valence-corrected chi connectivity index (χ2v) is 7.33. The number of rotatable bonds is 4. The molecular weight excluding hydrogens is 394 g/mol. The number of halogens is 3. The van der Waals surface area contributed by atoms with Gasteiger partial charge in [-0.25, -0.2) is 13.6 Å². The van der Waals surface area contributed by atoms with E-state index < -0.39 is 17.5 Å². The van der Waals surface area contributed by atoms with Gasteiger partial charge in [-0.15, -0.1) is 0 Å². The zero-order valence-electron chi connectivity index (χ0n) is 14.1. The van der Waals surface area contributed by atoms with Crippen LogP contribution in [0.1, 0.15) is 26.3 Å². The van der Waals surface area contributed by atoms with Crippen LogP contribution in [0.3, 0.4) is 0 Å². The summed E-state index contributed by atoms with van der Waals surface area (Å²) in [7, 11) is 0. The minimum atomic E-state index is -0.749. The number of anilines is 2. The average Bonchev–Trinajstić information content (AvgIpc) is 2.49. The summed E-state index contributed by atoms with van der Waals surface area (Å²) in [5.74, 6) is -0.935. The molecule has 4 nitrogen and oxygen atoms in total. The molecule has 0 aliphatic carbocycles. The lowest BCUT2D eigenvalue weighted by Gasteiger charge is -2.20. The predicted molar refractivity (Wildman–Crippen MR) is 97.7 cm³/mol. The molecule has 7 heteroatoms. The molecule has 25 heavy (non-hydrogen) atoms. The fourth-order valence-corrected chi connectivity index (χ4v) is 2.43. The van der Waals surface area contributed by atoms with Crippen molar-refractivity contribution in [2.75, 3.05) is 10.6 Å². The average molecular weight is 413 g/mol. The summed E-state index contributed by atoms with van der Waals surface area (Å²) in [6, 6.07) is 8.78. The predicted octanol–water partition coefficient (Wildman–Crippen LogP) is 5.69. The van der Waals surface area contributed by atoms with E-state index in [0.29, 0.717) is 11.3 Å². The van der Waals surface area contributed by atoms with Crippen molar-refractivity contribution in [3.63, 3.8) is 0 Å². The first kappa shape index (κ1) is 19.2. The quantitative estimate of drug-likeness (QED) is 0.678. The molecule has 0 spiro atoms. The van der Waals surface area contributed by atoms with Crippen LogP contribution in [0.25, 0.3) is 0 Å². The minimum absolute atomic E-state index is 0.0195. The van der Waals surface area contributed by atoms with E-state index in [1.165, 1.54) is 24.3 Å². The molecule has 0 saturated carbocycles. The lowest BCUT2D eigenvalue weighted by Crippen LogP contribution is -2.27. The molecule has 0 aliphatic heterocycles. The summed E-state index contributed by atoms with van der Waals surface area (Å²) in [4.78, 5) is 11.8. The van der Waals surface area contributed by atoms with Crippen molar-refractivity contribution < 1.29 is 18.3 Å². The number of benzene rings is 2. The van der Waals surface area contributed by atoms with Crippen molar-refractivity contribution in [2.45, 2.75) is 32.9 Å². The molecule has 2 rings (SSSR count). The third-order valence-electron chi connectivity index (χ3n) is 3.09. The summed E-state index contributed by atoms with van der Waals surface area (Å²) in [5, 5.41) is 5.37. The monoisotopic (exact) mass is 412 g/mol. The Morgan fingerprint density at radius 2 is 1.80 bits per heavy atom. The van der Waals surface area contributed by atoms with Gasteiger partial charge in [-0.3, -0.25) is 5.32 Å². The van der Waals surface area contributed by atoms with Crippen LogP contribution in [0.5, 0.6) is 0 Å². The van der Waals surface area contributed by atoms with Crippen molar-refractivity contribution in [1.29, 1.82) is 0 Å². The van der Waals surface area contributed by atoms with Crippen molar-refractivity contribution in [3.05, 3.63) is 58.1 Å². The van der Waals surface area contributed by atoms with Crippen LogP contribution in [0.4, 0.5) is 25.0 Å². The zero-order chi connectivity index (χ0) is 18.6. The third kappa shape index (κ3) is 6.01. The molecule has 0 radical (unpaired) electrons. The van der Waals surface area contributed by atoms with Gasteiger partial charge < -0.3 is 10.1 Å². The van der Waals surface area contributed by atoms with E-state index in [1.807, 2.05) is 0 Å². The SMILES string of the molecule is CC(C)(C)OC(=O)Nc1cc(NCc2cc(Br)ccc2F)ccc1F. The van der Waals surface area contributed by atoms with Crippen molar-refractivity contribution in [1.82, 2.24) is 0 Å². The topological polar surface area (TPSA) is 50.4 Å². The standard InChI is InChI=1S/C18H19BrF2N2O2/c1-18(2,3)25-17(24)23-16-9-13(5-7-15(16)21)22-10-11-8-12(19)4-6-14(11)20/h4-9,22H,10H2,1-3H3,(H,23,24). The van der Waals surface area contributed by atoms with E-state index in [4.69, 9.17) is 4.74 Å². The van der Waals surface area contributed by atoms with Gasteiger partial charge in [0.15, 0.2) is 0 Å². The van der Waals surface area contributed by atoms with E-state index in [0.717, 1.165) is 4.47 Å². The van der Waals surface area contributed by atoms with Crippen LogP contribution in [0, 0.1) is 11.6 Å². The Balaban J connectivity index is 2.08. The molecule has 0 bridgehead atoms. The van der Waals surface area contributed by atoms with Gasteiger partial charge in [0.25, 0.3) is 0 Å². The van der Waals surface area contributed by atoms with Gasteiger partial charge in [0.05, 0.1) is 5.69 Å². The smallest absolute Gasteiger partial charge is 0.412 e. The molecule has 2 aromatic carbocycles. The van der Waals surface area contributed by atoms with Gasteiger partial charge in [-0.1, -0.05) is 15.9 Å². The molecule has 2 N–H and O–H groups in total. The van der Waals surface area contributed by atoms with E-state index in [9.17, 15) is 13.6 Å². The summed E-state index contributed by atoms with van der Waals surface area (Å²) in [6.07, 6.45) is -0.749. The Bertz CT molecular complexity index is 776. The van der Waals surface area contributed by atoms with Crippen LogP contribution >= 0.6 is 15.9 Å². The van der Waals surface area contributed by atoms with Crippen molar-refractivity contribution in [2.24, 2.45) is 0 Å². The molecule has 0 aliphatic rings. The number of carbonyl (C=O) groups is 1. The Morgan fingerprint density at radius 1 is 1.12 bits per heavy atom. The van der Waals surface area contributed by atoms with Crippen LogP contribution < -0.4 is 10.6 Å². The molecule has 0 unspecified atom stereocenters. The maximum absolute atomic E-state index is 13.9. The Hall–Kier alpha value is -2.15. The van der Waals surface area contributed by atoms with E-state index >= 15 is 0 Å². The van der Waals surface area contributed by atoms with Gasteiger partial charge in [-0.2, -0.15) is 0 Å². The van der Waals surface area contributed by atoms with Gasteiger partial charge in [0.2, 0.25) is 0 Å². The molecular formula is C18H19BrF2N2O2. The summed E-state index contributed by atoms with van der Waals surface area (Å²) in [6.45, 7) is 5.36. The van der Waals surface area contributed by atoms with Crippen LogP contribution in [-0.4, -0.2) is 11.7 Å². The lowest BCUT2D eigenvalue weighted by molar-refractivity contribution is 0.0635. The molecule has 0 aromatic heterocycles. The fourth-order valence-electron chi connectivity index (χ4n) is 2.02. The second-order valence-electron chi connectivity index (χ2n) is 6.41. The highest BCUT2D eigenvalue weighted by Crippen LogP contribution is 2.22. The van der Waals surface area contributed by atoms with Gasteiger partial charge in [-0.05, 0) is 57.2 Å². The maximum atomic E-state index is 13.9. The van der Waals surface area contributed by atoms with E-state index in [-0.39, 0.29) is 18.0 Å². The maximum Gasteiger partial charge on any atom is 0.412 e. The molecule has 134 valence electrons. The first-order chi connectivity index (χ1) is 11.6. The third-order valence-corrected chi connectivity index (χ3v) is 3.59. The summed E-state index contributed by atoms with van der Waals surface area (Å²) >= 11 is 3.29. The Labute approximate surface area is 153 Å². The lowest BCUT2D eigenvalue weighted by atomic mass is 10.2. The number of ether oxygens (including phenoxy) is 1. The zero-order valence-corrected chi connectivity index (χ0v) is 15.7. The highest BCUT2D eigenvalue weighted by Gasteiger charge is 2.17. The van der Waals surface area contributed by atoms with E-state index in [2.05, 4.69) is 26.6 Å². The van der Waals surface area contributed by atoms with Crippen LogP contribution in [0.15, 0.2) is 40.9 Å². The highest BCUT2D eigenvalue weighted by molar-refractivity contribution is 9.10. The van der Waals surface area contributed by atoms with E-state index in [1.54, 1.807) is 32.9 Å². The minimum Gasteiger partial charge on any atom is -0.444 e. The Kier molecular flexibility index (Phi) is 6.00. The molecule has 0 saturated heterocycles. The largest absolute Gasteiger partial charge is 0.444 e. The molecule has 0 fully saturated rings. The van der Waals surface area contributed by atoms with Gasteiger partial charge in [0.1, 0.15) is 17.2 Å². The number of nitrogens with one attached hydrogen (secondary N) is 2. The van der Waals surface area contributed by atoms with Crippen LogP contribution in [-0.2, 0) is 11.3 Å². The van der Waals surface area contributed by atoms with Crippen molar-refractivity contribution in [3.8, 4) is 0 Å². The number of hydrogen-bond donors (Lipinski definition) is 2. The number of hydrogen-bond acceptors (Lipinski definition) is 3. The highest BCUT2D eigenvalue weighted by atomic mass is 79.9. The second kappa shape index (κ2) is 7.82. The molecule has 0 heterocycles. The van der Waals surface area contributed by atoms with Gasteiger partial charge in [0, 0.05) is 22.3 Å². The normalized spacial score (nSPS) is 11.1. The summed E-state index contributed by atoms with van der Waals surface area (Å²) < 4.78 is 33.5. The Morgan fingerprint density at radius 3 is 2.48 bits per heavy atom. The van der Waals surface area contributed by atoms with Gasteiger partial charge >= 0.3 is 6.09 Å². The number of amides is 1. The number of carbonyl (C=O) groups excluding carboxylic acids is 1. The molecule has 1 amide bonds. The summed E-state index contributed by atoms with van der Waals surface area (Å²) in [5.41, 5.74) is 0.287. The van der Waals surface area contributed by atoms with Crippen molar-refractivity contribution >= 4 is 33.4 Å². The van der Waals surface area contributed by atoms with Crippen LogP contribution in [0.2, 0.25) is 0 Å².